The van der Waals surface area contributed by atoms with Crippen LogP contribution in [0.2, 0.25) is 0 Å². The van der Waals surface area contributed by atoms with Gasteiger partial charge in [-0.2, -0.15) is 15.0 Å². The minimum Gasteiger partial charge on any atom is -0.378 e. The highest BCUT2D eigenvalue weighted by Crippen LogP contribution is 2.18. The fourth-order valence-corrected chi connectivity index (χ4v) is 2.44. The molecule has 2 aromatic carbocycles. The Labute approximate surface area is 147 Å². The van der Waals surface area contributed by atoms with Crippen LogP contribution in [0.1, 0.15) is 22.5 Å². The fraction of sp³-hybridized carbons (Fsp3) is 0.211. The number of anilines is 4. The van der Waals surface area contributed by atoms with Gasteiger partial charge >= 0.3 is 0 Å². The number of hydrogen-bond acceptors (Lipinski definition) is 6. The van der Waals surface area contributed by atoms with Crippen LogP contribution in [0.4, 0.5) is 23.3 Å². The zero-order chi connectivity index (χ0) is 17.8. The minimum absolute atomic E-state index is 0.197. The minimum atomic E-state index is 0.197. The van der Waals surface area contributed by atoms with Gasteiger partial charge in [0.25, 0.3) is 0 Å². The van der Waals surface area contributed by atoms with E-state index in [2.05, 4.69) is 51.6 Å². The molecule has 4 N–H and O–H groups in total. The Morgan fingerprint density at radius 3 is 2.44 bits per heavy atom. The van der Waals surface area contributed by atoms with Gasteiger partial charge in [0, 0.05) is 11.4 Å². The normalized spacial score (nSPS) is 10.5. The summed E-state index contributed by atoms with van der Waals surface area (Å²) in [5.74, 6) is 1.23. The highest BCUT2D eigenvalue weighted by Gasteiger charge is 2.06. The molecule has 0 spiro atoms. The number of rotatable bonds is 5. The van der Waals surface area contributed by atoms with Crippen LogP contribution in [-0.4, -0.2) is 15.0 Å². The van der Waals surface area contributed by atoms with E-state index in [1.54, 1.807) is 0 Å². The molecule has 0 unspecified atom stereocenters. The number of aromatic nitrogens is 3. The standard InChI is InChI=1S/C19H22N6/c1-12-8-9-15(10-14(12)3)21-11-17-23-18(20)25-19(24-17)22-16-7-5-4-6-13(16)2/h4-10,21H,11H2,1-3H3,(H3,20,22,23,24,25). The first-order valence-electron chi connectivity index (χ1n) is 8.15. The van der Waals surface area contributed by atoms with Crippen LogP contribution in [0, 0.1) is 20.8 Å². The second kappa shape index (κ2) is 7.17. The first kappa shape index (κ1) is 16.7. The lowest BCUT2D eigenvalue weighted by Gasteiger charge is -2.11. The van der Waals surface area contributed by atoms with Gasteiger partial charge in [0.2, 0.25) is 11.9 Å². The van der Waals surface area contributed by atoms with Crippen molar-refractivity contribution >= 4 is 23.3 Å². The second-order valence-electron chi connectivity index (χ2n) is 6.03. The molecule has 1 heterocycles. The van der Waals surface area contributed by atoms with Crippen molar-refractivity contribution < 1.29 is 0 Å². The smallest absolute Gasteiger partial charge is 0.232 e. The average Bonchev–Trinajstić information content (AvgIpc) is 2.58. The highest BCUT2D eigenvalue weighted by molar-refractivity contribution is 5.58. The van der Waals surface area contributed by atoms with Crippen LogP contribution in [0.15, 0.2) is 42.5 Å². The molecule has 6 heteroatoms. The average molecular weight is 334 g/mol. The molecule has 0 aliphatic carbocycles. The molecule has 0 fully saturated rings. The van der Waals surface area contributed by atoms with Gasteiger partial charge in [0.1, 0.15) is 0 Å². The summed E-state index contributed by atoms with van der Waals surface area (Å²) in [6.45, 7) is 6.67. The van der Waals surface area contributed by atoms with Gasteiger partial charge in [-0.3, -0.25) is 0 Å². The number of benzene rings is 2. The summed E-state index contributed by atoms with van der Waals surface area (Å²) < 4.78 is 0. The molecule has 128 valence electrons. The summed E-state index contributed by atoms with van der Waals surface area (Å²) in [6, 6.07) is 14.2. The lowest BCUT2D eigenvalue weighted by molar-refractivity contribution is 0.920. The highest BCUT2D eigenvalue weighted by atomic mass is 15.2. The summed E-state index contributed by atoms with van der Waals surface area (Å²) in [7, 11) is 0. The lowest BCUT2D eigenvalue weighted by Crippen LogP contribution is -2.11. The maximum atomic E-state index is 5.83. The lowest BCUT2D eigenvalue weighted by atomic mass is 10.1. The zero-order valence-electron chi connectivity index (χ0n) is 14.7. The van der Waals surface area contributed by atoms with Gasteiger partial charge in [-0.25, -0.2) is 0 Å². The molecule has 0 bridgehead atoms. The Morgan fingerprint density at radius 2 is 1.68 bits per heavy atom. The number of para-hydroxylation sites is 1. The van der Waals surface area contributed by atoms with Crippen LogP contribution in [0.3, 0.4) is 0 Å². The predicted octanol–water partition coefficient (Wildman–Crippen LogP) is 3.73. The first-order valence-corrected chi connectivity index (χ1v) is 8.15. The Kier molecular flexibility index (Phi) is 4.79. The summed E-state index contributed by atoms with van der Waals surface area (Å²) >= 11 is 0. The van der Waals surface area contributed by atoms with Crippen LogP contribution in [0.5, 0.6) is 0 Å². The van der Waals surface area contributed by atoms with E-state index in [1.807, 2.05) is 37.3 Å². The summed E-state index contributed by atoms with van der Waals surface area (Å²) in [4.78, 5) is 12.8. The van der Waals surface area contributed by atoms with Crippen molar-refractivity contribution in [1.29, 1.82) is 0 Å². The fourth-order valence-electron chi connectivity index (χ4n) is 2.44. The van der Waals surface area contributed by atoms with Crippen molar-refractivity contribution in [2.24, 2.45) is 0 Å². The molecule has 6 nitrogen and oxygen atoms in total. The first-order chi connectivity index (χ1) is 12.0. The van der Waals surface area contributed by atoms with E-state index in [9.17, 15) is 0 Å². The SMILES string of the molecule is Cc1ccc(NCc2nc(N)nc(Nc3ccccc3C)n2)cc1C. The molecule has 3 aromatic rings. The molecule has 0 saturated carbocycles. The molecule has 0 amide bonds. The number of nitrogens with two attached hydrogens (primary N) is 1. The van der Waals surface area contributed by atoms with Crippen molar-refractivity contribution in [2.45, 2.75) is 27.3 Å². The third kappa shape index (κ3) is 4.23. The number of nitrogens with zero attached hydrogens (tertiary/aromatic N) is 3. The molecule has 1 aromatic heterocycles. The van der Waals surface area contributed by atoms with E-state index in [4.69, 9.17) is 5.73 Å². The van der Waals surface area contributed by atoms with E-state index < -0.39 is 0 Å². The molecule has 0 saturated heterocycles. The van der Waals surface area contributed by atoms with Gasteiger partial charge in [0.15, 0.2) is 5.82 Å². The number of aryl methyl sites for hydroxylation is 3. The van der Waals surface area contributed by atoms with E-state index in [0.29, 0.717) is 18.3 Å². The zero-order valence-corrected chi connectivity index (χ0v) is 14.7. The Balaban J connectivity index is 1.75. The molecular formula is C19H22N6. The maximum Gasteiger partial charge on any atom is 0.232 e. The van der Waals surface area contributed by atoms with Gasteiger partial charge in [-0.15, -0.1) is 0 Å². The molecule has 0 radical (unpaired) electrons. The van der Waals surface area contributed by atoms with Crippen LogP contribution >= 0.6 is 0 Å². The van der Waals surface area contributed by atoms with Crippen molar-refractivity contribution in [1.82, 2.24) is 15.0 Å². The van der Waals surface area contributed by atoms with Crippen molar-refractivity contribution in [3.63, 3.8) is 0 Å². The number of nitrogen functional groups attached to an aromatic ring is 1. The largest absolute Gasteiger partial charge is 0.378 e. The van der Waals surface area contributed by atoms with Crippen LogP contribution < -0.4 is 16.4 Å². The van der Waals surface area contributed by atoms with Crippen molar-refractivity contribution in [2.75, 3.05) is 16.4 Å². The molecule has 0 aliphatic heterocycles. The molecule has 0 atom stereocenters. The van der Waals surface area contributed by atoms with E-state index in [0.717, 1.165) is 16.9 Å². The molecule has 0 aliphatic rings. The number of hydrogen-bond donors (Lipinski definition) is 3. The van der Waals surface area contributed by atoms with E-state index in [-0.39, 0.29) is 5.95 Å². The summed E-state index contributed by atoms with van der Waals surface area (Å²) in [5, 5.41) is 6.52. The third-order valence-electron chi connectivity index (χ3n) is 4.05. The second-order valence-corrected chi connectivity index (χ2v) is 6.03. The van der Waals surface area contributed by atoms with Crippen LogP contribution in [0.25, 0.3) is 0 Å². The molecule has 25 heavy (non-hydrogen) atoms. The third-order valence-corrected chi connectivity index (χ3v) is 4.05. The quantitative estimate of drug-likeness (QED) is 0.659. The monoisotopic (exact) mass is 334 g/mol. The predicted molar refractivity (Wildman–Crippen MR) is 102 cm³/mol. The van der Waals surface area contributed by atoms with Crippen molar-refractivity contribution in [3.8, 4) is 0 Å². The van der Waals surface area contributed by atoms with E-state index in [1.165, 1.54) is 11.1 Å². The Hall–Kier alpha value is -3.15. The van der Waals surface area contributed by atoms with Crippen LogP contribution in [-0.2, 0) is 6.54 Å². The molecular weight excluding hydrogens is 312 g/mol. The van der Waals surface area contributed by atoms with Gasteiger partial charge in [-0.05, 0) is 55.7 Å². The number of nitrogens with one attached hydrogen (secondary N) is 2. The summed E-state index contributed by atoms with van der Waals surface area (Å²) in [6.07, 6.45) is 0. The Bertz CT molecular complexity index is 891. The molecule has 3 rings (SSSR count). The summed E-state index contributed by atoms with van der Waals surface area (Å²) in [5.41, 5.74) is 11.4. The van der Waals surface area contributed by atoms with Gasteiger partial charge in [-0.1, -0.05) is 24.3 Å². The van der Waals surface area contributed by atoms with E-state index >= 15 is 0 Å². The van der Waals surface area contributed by atoms with Gasteiger partial charge in [0.05, 0.1) is 6.54 Å². The van der Waals surface area contributed by atoms with Crippen molar-refractivity contribution in [3.05, 3.63) is 65.0 Å². The maximum absolute atomic E-state index is 5.83. The Morgan fingerprint density at radius 1 is 0.880 bits per heavy atom. The topological polar surface area (TPSA) is 88.8 Å². The van der Waals surface area contributed by atoms with Gasteiger partial charge < -0.3 is 16.4 Å².